The minimum Gasteiger partial charge on any atom is -0.512 e. The molecule has 4 aromatic rings. The second-order valence-corrected chi connectivity index (χ2v) is 12.4. The monoisotopic (exact) mass is 797 g/mol. The third-order valence-corrected chi connectivity index (χ3v) is 9.42. The molecule has 0 amide bonds. The van der Waals surface area contributed by atoms with Gasteiger partial charge in [0.1, 0.15) is 5.76 Å². The predicted octanol–water partition coefficient (Wildman–Crippen LogP) is 11.4. The second kappa shape index (κ2) is 15.0. The maximum Gasteiger partial charge on any atom is 0.416 e. The number of fused-ring (bicyclic) bond motifs is 3. The quantitative estimate of drug-likeness (QED) is 0.0836. The minimum absolute atomic E-state index is 0. The van der Waals surface area contributed by atoms with Gasteiger partial charge < -0.3 is 10.1 Å². The zero-order chi connectivity index (χ0) is 33.0. The van der Waals surface area contributed by atoms with Crippen LogP contribution in [0.2, 0.25) is 0 Å². The molecule has 45 heavy (non-hydrogen) atoms. The molecule has 1 N–H and O–H groups in total. The molecule has 0 saturated heterocycles. The predicted molar refractivity (Wildman–Crippen MR) is 176 cm³/mol. The molecule has 245 valence electrons. The van der Waals surface area contributed by atoms with Gasteiger partial charge in [0.05, 0.1) is 5.56 Å². The van der Waals surface area contributed by atoms with Crippen molar-refractivity contribution in [1.29, 1.82) is 0 Å². The van der Waals surface area contributed by atoms with Crippen molar-refractivity contribution in [3.8, 4) is 11.3 Å². The van der Waals surface area contributed by atoms with Crippen molar-refractivity contribution in [1.82, 2.24) is 4.98 Å². The molecule has 0 spiro atoms. The molecule has 0 saturated carbocycles. The van der Waals surface area contributed by atoms with Crippen molar-refractivity contribution in [2.45, 2.75) is 94.2 Å². The summed E-state index contributed by atoms with van der Waals surface area (Å²) in [5.41, 5.74) is 2.70. The Morgan fingerprint density at radius 3 is 1.98 bits per heavy atom. The van der Waals surface area contributed by atoms with E-state index in [0.717, 1.165) is 64.2 Å². The molecule has 3 nitrogen and oxygen atoms in total. The van der Waals surface area contributed by atoms with Crippen molar-refractivity contribution >= 4 is 27.3 Å². The third-order valence-electron chi connectivity index (χ3n) is 9.42. The zero-order valence-corrected chi connectivity index (χ0v) is 30.2. The smallest absolute Gasteiger partial charge is 0.416 e. The molecular weight excluding hydrogens is 752 g/mol. The van der Waals surface area contributed by atoms with E-state index in [1.165, 1.54) is 19.1 Å². The summed E-state index contributed by atoms with van der Waals surface area (Å²) in [5.74, 6) is 0.286. The maximum atomic E-state index is 13.4. The van der Waals surface area contributed by atoms with Gasteiger partial charge in [0.2, 0.25) is 0 Å². The topological polar surface area (TPSA) is 50.2 Å². The number of hydrogen-bond acceptors (Lipinski definition) is 3. The number of aromatic nitrogens is 1. The van der Waals surface area contributed by atoms with Crippen molar-refractivity contribution < 1.29 is 43.2 Å². The molecule has 0 unspecified atom stereocenters. The third kappa shape index (κ3) is 8.42. The van der Waals surface area contributed by atoms with Gasteiger partial charge in [-0.1, -0.05) is 73.6 Å². The molecule has 0 aliphatic carbocycles. The van der Waals surface area contributed by atoms with Gasteiger partial charge in [0.25, 0.3) is 0 Å². The van der Waals surface area contributed by atoms with Gasteiger partial charge in [0.15, 0.2) is 5.78 Å². The van der Waals surface area contributed by atoms with Gasteiger partial charge in [-0.3, -0.25) is 4.79 Å². The van der Waals surface area contributed by atoms with Crippen LogP contribution in [0.4, 0.5) is 13.2 Å². The van der Waals surface area contributed by atoms with Crippen LogP contribution in [0.5, 0.6) is 0 Å². The van der Waals surface area contributed by atoms with Gasteiger partial charge in [-0.05, 0) is 77.5 Å². The van der Waals surface area contributed by atoms with E-state index >= 15 is 0 Å². The Morgan fingerprint density at radius 1 is 0.844 bits per heavy atom. The Hall–Kier alpha value is -3.02. The van der Waals surface area contributed by atoms with Crippen LogP contribution in [0, 0.1) is 37.7 Å². The number of pyridine rings is 1. The molecule has 0 fully saturated rings. The molecule has 3 aromatic carbocycles. The van der Waals surface area contributed by atoms with Crippen LogP contribution in [0.3, 0.4) is 0 Å². The van der Waals surface area contributed by atoms with Gasteiger partial charge in [-0.2, -0.15) is 13.2 Å². The number of benzene rings is 3. The molecule has 0 aliphatic rings. The van der Waals surface area contributed by atoms with Gasteiger partial charge in [-0.15, -0.1) is 34.9 Å². The average Bonchev–Trinajstić information content (AvgIpc) is 2.98. The molecule has 1 heterocycles. The van der Waals surface area contributed by atoms with Crippen LogP contribution in [0.25, 0.3) is 32.8 Å². The number of hydrogen-bond donors (Lipinski definition) is 1. The Bertz CT molecular complexity index is 1660. The van der Waals surface area contributed by atoms with Crippen LogP contribution in [-0.4, -0.2) is 15.9 Å². The summed E-state index contributed by atoms with van der Waals surface area (Å²) in [6, 6.07) is 15.7. The standard InChI is InChI=1S/C23H17F3N.C15H28O2.Ir/c1-13-8-14(2)10-17(9-13)22-19-5-4-16-11-15(3)21(23(24,25)26)12-20(16)18(19)6-7-27-22;1-7-14(5,8-2)12(16)11-13(17)15(6,9-3)10-4;/h4-9,11-12H,1-3H3;11,16H,7-10H2,1-6H3;/q-1;;/b;12-11-;. The van der Waals surface area contributed by atoms with E-state index in [1.807, 2.05) is 79.7 Å². The summed E-state index contributed by atoms with van der Waals surface area (Å²) < 4.78 is 40.2. The van der Waals surface area contributed by atoms with Gasteiger partial charge in [-0.25, -0.2) is 0 Å². The molecule has 1 aromatic heterocycles. The first-order chi connectivity index (χ1) is 20.5. The van der Waals surface area contributed by atoms with E-state index in [0.29, 0.717) is 5.39 Å². The van der Waals surface area contributed by atoms with E-state index in [1.54, 1.807) is 18.3 Å². The van der Waals surface area contributed by atoms with Crippen LogP contribution in [0.15, 0.2) is 60.5 Å². The van der Waals surface area contributed by atoms with Gasteiger partial charge >= 0.3 is 6.18 Å². The molecule has 0 aliphatic heterocycles. The Morgan fingerprint density at radius 2 is 1.44 bits per heavy atom. The summed E-state index contributed by atoms with van der Waals surface area (Å²) >= 11 is 0. The Kier molecular flexibility index (Phi) is 12.8. The normalized spacial score (nSPS) is 12.5. The van der Waals surface area contributed by atoms with Crippen LogP contribution >= 0.6 is 0 Å². The fourth-order valence-corrected chi connectivity index (χ4v) is 5.38. The van der Waals surface area contributed by atoms with Crippen molar-refractivity contribution in [3.63, 3.8) is 0 Å². The summed E-state index contributed by atoms with van der Waals surface area (Å²) in [4.78, 5) is 16.7. The van der Waals surface area contributed by atoms with E-state index < -0.39 is 11.7 Å². The molecule has 1 radical (unpaired) electrons. The summed E-state index contributed by atoms with van der Waals surface area (Å²) in [5, 5.41) is 13.1. The number of aliphatic hydroxyl groups excluding tert-OH is 1. The zero-order valence-electron chi connectivity index (χ0n) is 27.8. The van der Waals surface area contributed by atoms with Crippen molar-refractivity contribution in [2.75, 3.05) is 0 Å². The molecule has 4 rings (SSSR count). The maximum absolute atomic E-state index is 13.4. The Balaban J connectivity index is 0.000000343. The molecule has 0 bridgehead atoms. The number of allylic oxidation sites excluding steroid dienone is 2. The first kappa shape index (κ1) is 38.2. The number of aryl methyl sites for hydroxylation is 3. The fourth-order valence-electron chi connectivity index (χ4n) is 5.38. The largest absolute Gasteiger partial charge is 0.512 e. The Labute approximate surface area is 279 Å². The van der Waals surface area contributed by atoms with E-state index in [4.69, 9.17) is 0 Å². The van der Waals surface area contributed by atoms with Crippen LogP contribution in [0.1, 0.15) is 89.5 Å². The second-order valence-electron chi connectivity index (χ2n) is 12.4. The van der Waals surface area contributed by atoms with Crippen molar-refractivity contribution in [2.24, 2.45) is 10.8 Å². The number of ketones is 1. The first-order valence-corrected chi connectivity index (χ1v) is 15.4. The van der Waals surface area contributed by atoms with E-state index in [9.17, 15) is 23.1 Å². The van der Waals surface area contributed by atoms with Gasteiger partial charge in [0, 0.05) is 43.2 Å². The summed E-state index contributed by atoms with van der Waals surface area (Å²) in [6.07, 6.45) is 2.03. The number of aliphatic hydroxyl groups is 1. The van der Waals surface area contributed by atoms with Crippen LogP contribution in [-0.2, 0) is 31.1 Å². The summed E-state index contributed by atoms with van der Waals surface area (Å²) in [6.45, 7) is 17.5. The number of carbonyl (C=O) groups excluding carboxylic acids is 1. The van der Waals surface area contributed by atoms with E-state index in [2.05, 4.69) is 11.1 Å². The minimum atomic E-state index is -4.38. The average molecular weight is 797 g/mol. The number of carbonyl (C=O) groups is 1. The first-order valence-electron chi connectivity index (χ1n) is 15.4. The molecular formula is C38H45F3IrNO2-. The number of nitrogens with zero attached hydrogens (tertiary/aromatic N) is 1. The van der Waals surface area contributed by atoms with Crippen molar-refractivity contribution in [3.05, 3.63) is 88.8 Å². The number of alkyl halides is 3. The fraction of sp³-hybridized carbons (Fsp3) is 0.421. The summed E-state index contributed by atoms with van der Waals surface area (Å²) in [7, 11) is 0. The molecule has 7 heteroatoms. The number of halogens is 3. The van der Waals surface area contributed by atoms with Crippen LogP contribution < -0.4 is 0 Å². The SMILES string of the molecule is CCC(C)(CC)C(=O)/C=C(\O)C(C)(CC)CC.Cc1[c-]c(-c2nccc3c2ccc2cc(C)c(C(F)(F)F)cc23)cc(C)c1.[Ir]. The number of rotatable bonds is 8. The van der Waals surface area contributed by atoms with E-state index in [-0.39, 0.29) is 48.0 Å². The molecule has 0 atom stereocenters.